The lowest BCUT2D eigenvalue weighted by Crippen LogP contribution is -2.44. The lowest BCUT2D eigenvalue weighted by atomic mass is 10.1. The van der Waals surface area contributed by atoms with Crippen LogP contribution in [0.5, 0.6) is 0 Å². The van der Waals surface area contributed by atoms with E-state index in [9.17, 15) is 5.11 Å². The van der Waals surface area contributed by atoms with E-state index < -0.39 is 0 Å². The van der Waals surface area contributed by atoms with Gasteiger partial charge in [0.05, 0.1) is 12.1 Å². The molecule has 0 aliphatic heterocycles. The second-order valence-corrected chi connectivity index (χ2v) is 5.15. The van der Waals surface area contributed by atoms with Crippen LogP contribution in [0.3, 0.4) is 0 Å². The Morgan fingerprint density at radius 2 is 2.12 bits per heavy atom. The maximum Gasteiger partial charge on any atom is 0.191 e. The van der Waals surface area contributed by atoms with Gasteiger partial charge in [-0.05, 0) is 20.1 Å². The van der Waals surface area contributed by atoms with Gasteiger partial charge in [-0.3, -0.25) is 0 Å². The first-order valence-corrected chi connectivity index (χ1v) is 6.62. The van der Waals surface area contributed by atoms with Gasteiger partial charge in [-0.25, -0.2) is 9.97 Å². The summed E-state index contributed by atoms with van der Waals surface area (Å²) in [5.41, 5.74) is -0.352. The van der Waals surface area contributed by atoms with Crippen LogP contribution >= 0.6 is 11.8 Å². The van der Waals surface area contributed by atoms with Crippen molar-refractivity contribution in [2.45, 2.75) is 24.5 Å². The highest BCUT2D eigenvalue weighted by Crippen LogP contribution is 2.24. The SMILES string of the molecule is CNc1cc(N(C)C(C)(C)CO)nc(SC)n1. The number of aromatic nitrogens is 2. The molecule has 1 aromatic heterocycles. The van der Waals surface area contributed by atoms with E-state index in [2.05, 4.69) is 15.3 Å². The highest BCUT2D eigenvalue weighted by molar-refractivity contribution is 7.98. The van der Waals surface area contributed by atoms with Crippen LogP contribution in [0.15, 0.2) is 11.2 Å². The molecular formula is C11H20N4OS. The molecule has 0 bridgehead atoms. The molecule has 0 aliphatic carbocycles. The Labute approximate surface area is 107 Å². The Kier molecular flexibility index (Phi) is 4.59. The second-order valence-electron chi connectivity index (χ2n) is 4.38. The minimum atomic E-state index is -0.352. The molecule has 0 aliphatic rings. The van der Waals surface area contributed by atoms with Crippen molar-refractivity contribution in [3.63, 3.8) is 0 Å². The lowest BCUT2D eigenvalue weighted by molar-refractivity contribution is 0.215. The van der Waals surface area contributed by atoms with Gasteiger partial charge in [-0.1, -0.05) is 11.8 Å². The van der Waals surface area contributed by atoms with E-state index in [0.29, 0.717) is 5.16 Å². The van der Waals surface area contributed by atoms with Crippen molar-refractivity contribution in [2.75, 3.05) is 37.2 Å². The molecule has 2 N–H and O–H groups in total. The van der Waals surface area contributed by atoms with Crippen molar-refractivity contribution in [3.8, 4) is 0 Å². The van der Waals surface area contributed by atoms with Crippen molar-refractivity contribution < 1.29 is 5.11 Å². The predicted molar refractivity (Wildman–Crippen MR) is 72.9 cm³/mol. The zero-order chi connectivity index (χ0) is 13.1. The molecule has 0 radical (unpaired) electrons. The number of nitrogens with zero attached hydrogens (tertiary/aromatic N) is 3. The molecule has 0 atom stereocenters. The molecule has 0 fully saturated rings. The first kappa shape index (κ1) is 14.1. The highest BCUT2D eigenvalue weighted by Gasteiger charge is 2.24. The fraction of sp³-hybridized carbons (Fsp3) is 0.636. The molecule has 0 saturated heterocycles. The number of hydrogen-bond acceptors (Lipinski definition) is 6. The van der Waals surface area contributed by atoms with Gasteiger partial charge in [-0.15, -0.1) is 0 Å². The van der Waals surface area contributed by atoms with E-state index in [0.717, 1.165) is 11.6 Å². The van der Waals surface area contributed by atoms with Crippen molar-refractivity contribution in [3.05, 3.63) is 6.07 Å². The molecule has 5 nitrogen and oxygen atoms in total. The molecule has 0 unspecified atom stereocenters. The van der Waals surface area contributed by atoms with E-state index in [1.54, 1.807) is 0 Å². The fourth-order valence-corrected chi connectivity index (χ4v) is 1.59. The Hall–Kier alpha value is -1.01. The number of aliphatic hydroxyl groups is 1. The zero-order valence-corrected chi connectivity index (χ0v) is 11.8. The fourth-order valence-electron chi connectivity index (χ4n) is 1.22. The van der Waals surface area contributed by atoms with Gasteiger partial charge in [0, 0.05) is 20.2 Å². The van der Waals surface area contributed by atoms with Crippen LogP contribution in [0.2, 0.25) is 0 Å². The summed E-state index contributed by atoms with van der Waals surface area (Å²) in [6, 6.07) is 1.87. The molecule has 1 heterocycles. The molecule has 6 heteroatoms. The minimum absolute atomic E-state index is 0.0665. The summed E-state index contributed by atoms with van der Waals surface area (Å²) < 4.78 is 0. The van der Waals surface area contributed by atoms with E-state index in [1.807, 2.05) is 45.2 Å². The first-order valence-electron chi connectivity index (χ1n) is 5.40. The molecule has 1 aromatic rings. The van der Waals surface area contributed by atoms with Gasteiger partial charge in [0.15, 0.2) is 5.16 Å². The normalized spacial score (nSPS) is 11.4. The maximum atomic E-state index is 9.37. The summed E-state index contributed by atoms with van der Waals surface area (Å²) in [6.45, 7) is 4.00. The summed E-state index contributed by atoms with van der Waals surface area (Å²) in [7, 11) is 3.75. The zero-order valence-electron chi connectivity index (χ0n) is 11.0. The van der Waals surface area contributed by atoms with Crippen molar-refractivity contribution in [1.29, 1.82) is 0 Å². The molecule has 0 saturated carbocycles. The predicted octanol–water partition coefficient (Wildman–Crippen LogP) is 1.45. The standard InChI is InChI=1S/C11H20N4OS/c1-11(2,7-16)15(4)9-6-8(12-3)13-10(14-9)17-5/h6,16H,7H2,1-5H3,(H,12,13,14). The molecule has 0 spiro atoms. The third-order valence-electron chi connectivity index (χ3n) is 2.77. The summed E-state index contributed by atoms with van der Waals surface area (Å²) >= 11 is 1.50. The van der Waals surface area contributed by atoms with Gasteiger partial charge in [-0.2, -0.15) is 0 Å². The Bertz CT molecular complexity index is 361. The van der Waals surface area contributed by atoms with Gasteiger partial charge in [0.2, 0.25) is 0 Å². The molecule has 0 aromatic carbocycles. The van der Waals surface area contributed by atoms with Crippen LogP contribution in [0.4, 0.5) is 11.6 Å². The average molecular weight is 256 g/mol. The number of aliphatic hydroxyl groups excluding tert-OH is 1. The molecule has 0 amide bonds. The third-order valence-corrected chi connectivity index (χ3v) is 3.32. The van der Waals surface area contributed by atoms with Crippen LogP contribution in [-0.4, -0.2) is 47.6 Å². The van der Waals surface area contributed by atoms with Crippen molar-refractivity contribution in [1.82, 2.24) is 9.97 Å². The number of rotatable bonds is 5. The maximum absolute atomic E-state index is 9.37. The minimum Gasteiger partial charge on any atom is -0.394 e. The monoisotopic (exact) mass is 256 g/mol. The number of nitrogens with one attached hydrogen (secondary N) is 1. The van der Waals surface area contributed by atoms with Gasteiger partial charge >= 0.3 is 0 Å². The number of hydrogen-bond donors (Lipinski definition) is 2. The number of thioether (sulfide) groups is 1. The summed E-state index contributed by atoms with van der Waals surface area (Å²) in [5, 5.41) is 13.1. The second kappa shape index (κ2) is 5.55. The van der Waals surface area contributed by atoms with Gasteiger partial charge < -0.3 is 15.3 Å². The Morgan fingerprint density at radius 1 is 1.47 bits per heavy atom. The Morgan fingerprint density at radius 3 is 2.59 bits per heavy atom. The topological polar surface area (TPSA) is 61.3 Å². The van der Waals surface area contributed by atoms with Gasteiger partial charge in [0.25, 0.3) is 0 Å². The molecule has 1 rings (SSSR count). The largest absolute Gasteiger partial charge is 0.394 e. The summed E-state index contributed by atoms with van der Waals surface area (Å²) in [4.78, 5) is 10.7. The van der Waals surface area contributed by atoms with E-state index in [4.69, 9.17) is 0 Å². The van der Waals surface area contributed by atoms with Crippen LogP contribution in [0.25, 0.3) is 0 Å². The van der Waals surface area contributed by atoms with E-state index >= 15 is 0 Å². The third kappa shape index (κ3) is 3.23. The van der Waals surface area contributed by atoms with Crippen molar-refractivity contribution >= 4 is 23.4 Å². The number of likely N-dealkylation sites (N-methyl/N-ethyl adjacent to an activating group) is 1. The molecular weight excluding hydrogens is 236 g/mol. The summed E-state index contributed by atoms with van der Waals surface area (Å²) in [6.07, 6.45) is 1.94. The smallest absolute Gasteiger partial charge is 0.191 e. The first-order chi connectivity index (χ1) is 7.94. The molecule has 96 valence electrons. The van der Waals surface area contributed by atoms with Crippen LogP contribution in [0.1, 0.15) is 13.8 Å². The van der Waals surface area contributed by atoms with Crippen LogP contribution < -0.4 is 10.2 Å². The quantitative estimate of drug-likeness (QED) is 0.614. The molecule has 17 heavy (non-hydrogen) atoms. The average Bonchev–Trinajstić information content (AvgIpc) is 2.36. The van der Waals surface area contributed by atoms with E-state index in [-0.39, 0.29) is 12.1 Å². The van der Waals surface area contributed by atoms with Gasteiger partial charge in [0.1, 0.15) is 11.6 Å². The van der Waals surface area contributed by atoms with Crippen LogP contribution in [-0.2, 0) is 0 Å². The van der Waals surface area contributed by atoms with Crippen molar-refractivity contribution in [2.24, 2.45) is 0 Å². The number of anilines is 2. The highest BCUT2D eigenvalue weighted by atomic mass is 32.2. The lowest BCUT2D eigenvalue weighted by Gasteiger charge is -2.35. The van der Waals surface area contributed by atoms with Crippen LogP contribution in [0, 0.1) is 0 Å². The van der Waals surface area contributed by atoms with E-state index in [1.165, 1.54) is 11.8 Å². The Balaban J connectivity index is 3.12. The summed E-state index contributed by atoms with van der Waals surface area (Å²) in [5.74, 6) is 1.58.